The van der Waals surface area contributed by atoms with E-state index in [0.29, 0.717) is 24.5 Å². The minimum Gasteiger partial charge on any atom is -0.470 e. The number of fused-ring (bicyclic) bond motifs is 1. The molecule has 8 nitrogen and oxygen atoms in total. The molecule has 2 unspecified atom stereocenters. The zero-order chi connectivity index (χ0) is 18.9. The first-order valence-corrected chi connectivity index (χ1v) is 9.08. The van der Waals surface area contributed by atoms with E-state index < -0.39 is 12.3 Å². The molecule has 1 aliphatic rings. The molecule has 3 N–H and O–H groups in total. The molecule has 1 saturated heterocycles. The van der Waals surface area contributed by atoms with Crippen molar-refractivity contribution in [2.45, 2.75) is 18.7 Å². The van der Waals surface area contributed by atoms with Gasteiger partial charge in [0.25, 0.3) is 0 Å². The van der Waals surface area contributed by atoms with Gasteiger partial charge >= 0.3 is 0 Å². The van der Waals surface area contributed by atoms with Gasteiger partial charge in [0.15, 0.2) is 0 Å². The molecule has 0 bridgehead atoms. The summed E-state index contributed by atoms with van der Waals surface area (Å²) in [6.45, 7) is 1.02. The second-order valence-electron chi connectivity index (χ2n) is 6.72. The van der Waals surface area contributed by atoms with Crippen LogP contribution in [0.1, 0.15) is 6.42 Å². The third kappa shape index (κ3) is 3.09. The first-order valence-electron chi connectivity index (χ1n) is 9.08. The van der Waals surface area contributed by atoms with Crippen molar-refractivity contribution >= 4 is 11.0 Å². The second kappa shape index (κ2) is 7.01. The largest absolute Gasteiger partial charge is 0.470 e. The molecule has 0 amide bonds. The maximum Gasteiger partial charge on any atom is 0.233 e. The Bertz CT molecular complexity index is 1090. The van der Waals surface area contributed by atoms with E-state index in [2.05, 4.69) is 35.5 Å². The summed E-state index contributed by atoms with van der Waals surface area (Å²) < 4.78 is 19.8. The van der Waals surface area contributed by atoms with Crippen molar-refractivity contribution in [1.29, 1.82) is 0 Å². The van der Waals surface area contributed by atoms with Crippen LogP contribution in [0.4, 0.5) is 4.39 Å². The van der Waals surface area contributed by atoms with E-state index in [9.17, 15) is 4.39 Å². The SMILES string of the molecule is FC1CNCCC1Oc1cncc(-c2c[nH]c3ncc(-c4cn[nH]c4)cc23)n1. The second-order valence-corrected chi connectivity index (χ2v) is 6.72. The maximum atomic E-state index is 14.0. The van der Waals surface area contributed by atoms with Crippen LogP contribution in [0.25, 0.3) is 33.4 Å². The lowest BCUT2D eigenvalue weighted by Crippen LogP contribution is -2.44. The van der Waals surface area contributed by atoms with E-state index in [-0.39, 0.29) is 0 Å². The van der Waals surface area contributed by atoms with Crippen LogP contribution in [-0.4, -0.2) is 55.5 Å². The third-order valence-corrected chi connectivity index (χ3v) is 4.87. The number of H-pyrrole nitrogens is 2. The fourth-order valence-corrected chi connectivity index (χ4v) is 3.40. The molecule has 9 heteroatoms. The average Bonchev–Trinajstić information content (AvgIpc) is 3.39. The van der Waals surface area contributed by atoms with Crippen molar-refractivity contribution in [2.24, 2.45) is 0 Å². The average molecular weight is 379 g/mol. The lowest BCUT2D eigenvalue weighted by molar-refractivity contribution is 0.0691. The highest BCUT2D eigenvalue weighted by Gasteiger charge is 2.26. The molecule has 0 aromatic carbocycles. The number of nitrogens with one attached hydrogen (secondary N) is 3. The molecule has 5 rings (SSSR count). The van der Waals surface area contributed by atoms with E-state index in [1.807, 2.05) is 18.5 Å². The standard InChI is InChI=1S/C19H18FN7O/c20-15-8-21-2-1-17(15)28-18-10-22-9-16(27-18)14-7-24-19-13(14)3-11(4-23-19)12-5-25-26-6-12/h3-7,9-10,15,17,21H,1-2,8H2,(H,23,24)(H,25,26). The Hall–Kier alpha value is -3.33. The summed E-state index contributed by atoms with van der Waals surface area (Å²) in [5.74, 6) is 0.320. The quantitative estimate of drug-likeness (QED) is 0.503. The molecule has 1 aliphatic heterocycles. The van der Waals surface area contributed by atoms with E-state index in [4.69, 9.17) is 4.74 Å². The number of nitrogens with zero attached hydrogens (tertiary/aromatic N) is 4. The number of hydrogen-bond acceptors (Lipinski definition) is 6. The van der Waals surface area contributed by atoms with Crippen molar-refractivity contribution in [3.8, 4) is 28.3 Å². The van der Waals surface area contributed by atoms with Crippen molar-refractivity contribution in [2.75, 3.05) is 13.1 Å². The molecule has 4 aromatic rings. The molecule has 28 heavy (non-hydrogen) atoms. The number of pyridine rings is 1. The van der Waals surface area contributed by atoms with E-state index in [0.717, 1.165) is 34.3 Å². The number of aromatic nitrogens is 6. The molecular weight excluding hydrogens is 361 g/mol. The summed E-state index contributed by atoms with van der Waals surface area (Å²) in [5, 5.41) is 10.7. The first-order chi connectivity index (χ1) is 13.8. The van der Waals surface area contributed by atoms with Gasteiger partial charge in [-0.05, 0) is 19.0 Å². The Morgan fingerprint density at radius 3 is 2.93 bits per heavy atom. The van der Waals surface area contributed by atoms with Gasteiger partial charge in [0.2, 0.25) is 5.88 Å². The Morgan fingerprint density at radius 2 is 2.07 bits per heavy atom. The number of rotatable bonds is 4. The summed E-state index contributed by atoms with van der Waals surface area (Å²) in [4.78, 5) is 16.4. The van der Waals surface area contributed by atoms with Crippen molar-refractivity contribution in [3.63, 3.8) is 0 Å². The normalized spacial score (nSPS) is 19.8. The molecule has 1 fully saturated rings. The van der Waals surface area contributed by atoms with Gasteiger partial charge in [-0.3, -0.25) is 10.1 Å². The number of halogens is 1. The minimum absolute atomic E-state index is 0.294. The first kappa shape index (κ1) is 16.8. The van der Waals surface area contributed by atoms with Gasteiger partial charge in [0, 0.05) is 47.2 Å². The third-order valence-electron chi connectivity index (χ3n) is 4.87. The number of aromatic amines is 2. The Kier molecular flexibility index (Phi) is 4.21. The number of ether oxygens (including phenoxy) is 1. The van der Waals surface area contributed by atoms with Crippen LogP contribution in [0.3, 0.4) is 0 Å². The van der Waals surface area contributed by atoms with Gasteiger partial charge in [0.05, 0.1) is 24.3 Å². The zero-order valence-electron chi connectivity index (χ0n) is 14.9. The van der Waals surface area contributed by atoms with Gasteiger partial charge in [-0.15, -0.1) is 0 Å². The molecule has 5 heterocycles. The van der Waals surface area contributed by atoms with Crippen LogP contribution < -0.4 is 10.1 Å². The summed E-state index contributed by atoms with van der Waals surface area (Å²) in [5.41, 5.74) is 4.13. The Balaban J connectivity index is 1.49. The predicted molar refractivity (Wildman–Crippen MR) is 102 cm³/mol. The molecule has 0 radical (unpaired) electrons. The lowest BCUT2D eigenvalue weighted by atomic mass is 10.1. The topological polar surface area (TPSA) is 104 Å². The lowest BCUT2D eigenvalue weighted by Gasteiger charge is -2.26. The van der Waals surface area contributed by atoms with Crippen molar-refractivity contribution < 1.29 is 9.13 Å². The summed E-state index contributed by atoms with van der Waals surface area (Å²) in [7, 11) is 0. The molecule has 142 valence electrons. The maximum absolute atomic E-state index is 14.0. The van der Waals surface area contributed by atoms with Gasteiger partial charge < -0.3 is 15.0 Å². The van der Waals surface area contributed by atoms with E-state index in [1.54, 1.807) is 18.6 Å². The van der Waals surface area contributed by atoms with Crippen LogP contribution in [0, 0.1) is 0 Å². The fraction of sp³-hybridized carbons (Fsp3) is 0.263. The van der Waals surface area contributed by atoms with Crippen LogP contribution in [0.2, 0.25) is 0 Å². The van der Waals surface area contributed by atoms with Gasteiger partial charge in [0.1, 0.15) is 17.9 Å². The summed E-state index contributed by atoms with van der Waals surface area (Å²) in [6.07, 6.45) is 9.39. The Labute approximate surface area is 159 Å². The van der Waals surface area contributed by atoms with Gasteiger partial charge in [-0.2, -0.15) is 5.10 Å². The van der Waals surface area contributed by atoms with Crippen molar-refractivity contribution in [1.82, 2.24) is 35.5 Å². The van der Waals surface area contributed by atoms with E-state index in [1.165, 1.54) is 6.20 Å². The highest BCUT2D eigenvalue weighted by atomic mass is 19.1. The number of alkyl halides is 1. The van der Waals surface area contributed by atoms with Crippen LogP contribution in [0.15, 0.2) is 43.2 Å². The monoisotopic (exact) mass is 379 g/mol. The number of hydrogen-bond donors (Lipinski definition) is 3. The molecule has 0 saturated carbocycles. The molecule has 0 aliphatic carbocycles. The molecule has 4 aromatic heterocycles. The van der Waals surface area contributed by atoms with Crippen LogP contribution in [-0.2, 0) is 0 Å². The summed E-state index contributed by atoms with van der Waals surface area (Å²) >= 11 is 0. The van der Waals surface area contributed by atoms with Crippen LogP contribution >= 0.6 is 0 Å². The highest BCUT2D eigenvalue weighted by molar-refractivity contribution is 5.94. The van der Waals surface area contributed by atoms with Gasteiger partial charge in [-0.1, -0.05) is 0 Å². The summed E-state index contributed by atoms with van der Waals surface area (Å²) in [6, 6.07) is 2.03. The van der Waals surface area contributed by atoms with E-state index >= 15 is 0 Å². The molecule has 2 atom stereocenters. The number of piperidine rings is 1. The predicted octanol–water partition coefficient (Wildman–Crippen LogP) is 2.49. The van der Waals surface area contributed by atoms with Crippen molar-refractivity contribution in [3.05, 3.63) is 43.2 Å². The van der Waals surface area contributed by atoms with Crippen LogP contribution in [0.5, 0.6) is 5.88 Å². The zero-order valence-corrected chi connectivity index (χ0v) is 14.9. The smallest absolute Gasteiger partial charge is 0.233 e. The Morgan fingerprint density at radius 1 is 1.11 bits per heavy atom. The molecular formula is C19H18FN7O. The minimum atomic E-state index is -1.06. The fourth-order valence-electron chi connectivity index (χ4n) is 3.40. The van der Waals surface area contributed by atoms with Gasteiger partial charge in [-0.25, -0.2) is 14.4 Å². The molecule has 0 spiro atoms. The highest BCUT2D eigenvalue weighted by Crippen LogP contribution is 2.30.